The molecule has 0 aliphatic heterocycles. The lowest BCUT2D eigenvalue weighted by molar-refractivity contribution is 0.559. The summed E-state index contributed by atoms with van der Waals surface area (Å²) in [5, 5.41) is 4.34. The van der Waals surface area contributed by atoms with Gasteiger partial charge in [0.15, 0.2) is 0 Å². The minimum absolute atomic E-state index is 0.661. The van der Waals surface area contributed by atoms with Crippen molar-refractivity contribution >= 4 is 20.2 Å². The molecule has 4 nitrogen and oxygen atoms in total. The van der Waals surface area contributed by atoms with Gasteiger partial charge in [-0.1, -0.05) is 6.07 Å². The molecular weight excluding hydrogens is 278 g/mol. The van der Waals surface area contributed by atoms with Crippen molar-refractivity contribution in [2.24, 2.45) is 4.99 Å². The van der Waals surface area contributed by atoms with Crippen molar-refractivity contribution in [3.8, 4) is 5.75 Å². The highest BCUT2D eigenvalue weighted by Gasteiger charge is 2.18. The third-order valence-corrected chi connectivity index (χ3v) is 3.64. The van der Waals surface area contributed by atoms with Gasteiger partial charge in [0.25, 0.3) is 0 Å². The van der Waals surface area contributed by atoms with E-state index in [1.165, 1.54) is 5.56 Å². The van der Waals surface area contributed by atoms with E-state index in [1.54, 1.807) is 0 Å². The average Bonchev–Trinajstić information content (AvgIpc) is 2.77. The van der Waals surface area contributed by atoms with Crippen molar-refractivity contribution < 1.29 is 4.43 Å². The van der Waals surface area contributed by atoms with Crippen LogP contribution in [0.25, 0.3) is 0 Å². The molecule has 0 radical (unpaired) electrons. The first kappa shape index (κ1) is 15.5. The fourth-order valence-corrected chi connectivity index (χ4v) is 2.76. The Morgan fingerprint density at radius 1 is 1.24 bits per heavy atom. The summed E-state index contributed by atoms with van der Waals surface area (Å²) in [6.07, 6.45) is 3.83. The van der Waals surface area contributed by atoms with Crippen molar-refractivity contribution in [3.63, 3.8) is 0 Å². The largest absolute Gasteiger partial charge is 0.543 e. The summed E-state index contributed by atoms with van der Waals surface area (Å²) >= 11 is 0. The molecule has 0 bridgehead atoms. The molecule has 0 saturated carbocycles. The summed E-state index contributed by atoms with van der Waals surface area (Å²) in [6.45, 7) is 11.2. The van der Waals surface area contributed by atoms with Crippen LogP contribution in [0.15, 0.2) is 35.5 Å². The van der Waals surface area contributed by atoms with Gasteiger partial charge in [-0.2, -0.15) is 5.10 Å². The standard InChI is InChI=1S/C16H23N3OSi/c1-13-6-7-16(20-21(3,4)5)15(12-13)17-9-11-19-10-8-14(2)18-19/h6-10,12H,11H2,1-5H3. The molecule has 1 heterocycles. The number of aromatic nitrogens is 2. The Morgan fingerprint density at radius 3 is 2.62 bits per heavy atom. The molecule has 0 atom stereocenters. The second kappa shape index (κ2) is 6.26. The minimum atomic E-state index is -1.64. The molecule has 0 spiro atoms. The molecule has 0 N–H and O–H groups in total. The zero-order valence-corrected chi connectivity index (χ0v) is 14.4. The van der Waals surface area contributed by atoms with Crippen LogP contribution in [0.3, 0.4) is 0 Å². The summed E-state index contributed by atoms with van der Waals surface area (Å²) in [5.74, 6) is 0.868. The summed E-state index contributed by atoms with van der Waals surface area (Å²) in [6, 6.07) is 8.12. The fraction of sp³-hybridized carbons (Fsp3) is 0.375. The Labute approximate surface area is 127 Å². The van der Waals surface area contributed by atoms with Crippen LogP contribution in [0.5, 0.6) is 5.75 Å². The van der Waals surface area contributed by atoms with E-state index in [0.717, 1.165) is 17.1 Å². The predicted molar refractivity (Wildman–Crippen MR) is 90.3 cm³/mol. The SMILES string of the molecule is Cc1ccc(O[Si](C)(C)C)c(N=CCn2ccc(C)n2)c1. The number of nitrogens with zero attached hydrogens (tertiary/aromatic N) is 3. The molecule has 2 rings (SSSR count). The number of rotatable bonds is 5. The van der Waals surface area contributed by atoms with E-state index in [4.69, 9.17) is 4.43 Å². The fourth-order valence-electron chi connectivity index (χ4n) is 1.93. The van der Waals surface area contributed by atoms with Gasteiger partial charge in [0, 0.05) is 12.4 Å². The molecule has 1 aromatic heterocycles. The van der Waals surface area contributed by atoms with E-state index in [0.29, 0.717) is 6.54 Å². The number of benzene rings is 1. The third kappa shape index (κ3) is 4.86. The Kier molecular flexibility index (Phi) is 4.62. The van der Waals surface area contributed by atoms with Gasteiger partial charge in [0.2, 0.25) is 8.32 Å². The van der Waals surface area contributed by atoms with E-state index in [1.807, 2.05) is 36.1 Å². The van der Waals surface area contributed by atoms with E-state index >= 15 is 0 Å². The van der Waals surface area contributed by atoms with Crippen LogP contribution in [0.2, 0.25) is 19.6 Å². The summed E-state index contributed by atoms with van der Waals surface area (Å²) in [4.78, 5) is 4.57. The van der Waals surface area contributed by atoms with Gasteiger partial charge in [0.1, 0.15) is 11.4 Å². The maximum Gasteiger partial charge on any atom is 0.242 e. The van der Waals surface area contributed by atoms with Crippen LogP contribution in [0.1, 0.15) is 11.3 Å². The Bertz CT molecular complexity index is 641. The first-order chi connectivity index (χ1) is 9.83. The zero-order valence-electron chi connectivity index (χ0n) is 13.4. The molecular formula is C16H23N3OSi. The smallest absolute Gasteiger partial charge is 0.242 e. The number of hydrogen-bond acceptors (Lipinski definition) is 3. The van der Waals surface area contributed by atoms with Crippen molar-refractivity contribution in [2.75, 3.05) is 0 Å². The number of aryl methyl sites for hydroxylation is 2. The van der Waals surface area contributed by atoms with Crippen LogP contribution in [-0.4, -0.2) is 24.3 Å². The van der Waals surface area contributed by atoms with Crippen LogP contribution in [-0.2, 0) is 6.54 Å². The van der Waals surface area contributed by atoms with Crippen molar-refractivity contribution in [1.29, 1.82) is 0 Å². The summed E-state index contributed by atoms with van der Waals surface area (Å²) in [5.41, 5.74) is 3.09. The molecule has 112 valence electrons. The van der Waals surface area contributed by atoms with Crippen molar-refractivity contribution in [3.05, 3.63) is 41.7 Å². The van der Waals surface area contributed by atoms with E-state index in [9.17, 15) is 0 Å². The Hall–Kier alpha value is -1.88. The minimum Gasteiger partial charge on any atom is -0.543 e. The molecule has 0 amide bonds. The van der Waals surface area contributed by atoms with Crippen LogP contribution in [0.4, 0.5) is 5.69 Å². The number of aliphatic imine (C=N–C) groups is 1. The van der Waals surface area contributed by atoms with Gasteiger partial charge in [-0.25, -0.2) is 0 Å². The van der Waals surface area contributed by atoms with Crippen LogP contribution >= 0.6 is 0 Å². The zero-order chi connectivity index (χ0) is 15.5. The molecule has 0 unspecified atom stereocenters. The normalized spacial score (nSPS) is 12.0. The monoisotopic (exact) mass is 301 g/mol. The van der Waals surface area contributed by atoms with Gasteiger partial charge in [-0.15, -0.1) is 0 Å². The van der Waals surface area contributed by atoms with Crippen LogP contribution < -0.4 is 4.43 Å². The second-order valence-corrected chi connectivity index (χ2v) is 10.6. The highest BCUT2D eigenvalue weighted by molar-refractivity contribution is 6.70. The lowest BCUT2D eigenvalue weighted by Gasteiger charge is -2.20. The molecule has 0 fully saturated rings. The van der Waals surface area contributed by atoms with Crippen molar-refractivity contribution in [1.82, 2.24) is 9.78 Å². The molecule has 2 aromatic rings. The topological polar surface area (TPSA) is 39.4 Å². The van der Waals surface area contributed by atoms with E-state index < -0.39 is 8.32 Å². The third-order valence-electron chi connectivity index (χ3n) is 2.80. The lowest BCUT2D eigenvalue weighted by Crippen LogP contribution is -2.29. The first-order valence-corrected chi connectivity index (χ1v) is 10.6. The van der Waals surface area contributed by atoms with Gasteiger partial charge >= 0.3 is 0 Å². The highest BCUT2D eigenvalue weighted by atomic mass is 28.4. The number of hydrogen-bond donors (Lipinski definition) is 0. The summed E-state index contributed by atoms with van der Waals surface area (Å²) in [7, 11) is -1.64. The molecule has 0 aliphatic rings. The maximum atomic E-state index is 6.10. The highest BCUT2D eigenvalue weighted by Crippen LogP contribution is 2.30. The van der Waals surface area contributed by atoms with Gasteiger partial charge < -0.3 is 4.43 Å². The average molecular weight is 301 g/mol. The lowest BCUT2D eigenvalue weighted by atomic mass is 10.2. The van der Waals surface area contributed by atoms with Crippen LogP contribution in [0, 0.1) is 13.8 Å². The Morgan fingerprint density at radius 2 is 2.00 bits per heavy atom. The predicted octanol–water partition coefficient (Wildman–Crippen LogP) is 4.12. The van der Waals surface area contributed by atoms with Gasteiger partial charge in [-0.3, -0.25) is 9.67 Å². The van der Waals surface area contributed by atoms with Gasteiger partial charge in [0.05, 0.1) is 12.2 Å². The van der Waals surface area contributed by atoms with E-state index in [2.05, 4.69) is 48.8 Å². The molecule has 0 aliphatic carbocycles. The molecule has 1 aromatic carbocycles. The molecule has 21 heavy (non-hydrogen) atoms. The second-order valence-electron chi connectivity index (χ2n) is 6.18. The van der Waals surface area contributed by atoms with E-state index in [-0.39, 0.29) is 0 Å². The molecule has 5 heteroatoms. The quantitative estimate of drug-likeness (QED) is 0.615. The van der Waals surface area contributed by atoms with Gasteiger partial charge in [-0.05, 0) is 57.3 Å². The summed E-state index contributed by atoms with van der Waals surface area (Å²) < 4.78 is 7.97. The Balaban J connectivity index is 2.15. The maximum absolute atomic E-state index is 6.10. The molecule has 0 saturated heterocycles. The van der Waals surface area contributed by atoms with Crippen molar-refractivity contribution in [2.45, 2.75) is 40.0 Å². The first-order valence-electron chi connectivity index (χ1n) is 7.16.